The molecule has 0 atom stereocenters. The minimum atomic E-state index is -3.60. The maximum absolute atomic E-state index is 12.1. The Hall–Kier alpha value is -2.00. The summed E-state index contributed by atoms with van der Waals surface area (Å²) < 4.78 is 32.9. The lowest BCUT2D eigenvalue weighted by molar-refractivity contribution is 0.285. The van der Waals surface area contributed by atoms with Gasteiger partial charge in [0.15, 0.2) is 0 Å². The molecular formula is C13H16N4O4S. The van der Waals surface area contributed by atoms with Gasteiger partial charge in [0, 0.05) is 18.3 Å². The van der Waals surface area contributed by atoms with Gasteiger partial charge in [-0.05, 0) is 31.7 Å². The highest BCUT2D eigenvalue weighted by Gasteiger charge is 2.27. The molecule has 118 valence electrons. The molecule has 2 aromatic rings. The van der Waals surface area contributed by atoms with Crippen molar-refractivity contribution in [2.45, 2.75) is 42.7 Å². The summed E-state index contributed by atoms with van der Waals surface area (Å²) in [6.07, 6.45) is 6.56. The van der Waals surface area contributed by atoms with Gasteiger partial charge in [0.25, 0.3) is 5.56 Å². The molecule has 1 saturated carbocycles. The quantitative estimate of drug-likeness (QED) is 0.887. The van der Waals surface area contributed by atoms with E-state index in [1.54, 1.807) is 12.3 Å². The van der Waals surface area contributed by atoms with Gasteiger partial charge in [-0.3, -0.25) is 4.79 Å². The first kappa shape index (κ1) is 14.9. The smallest absolute Gasteiger partial charge is 0.266 e. The van der Waals surface area contributed by atoms with Crippen LogP contribution in [0.15, 0.2) is 45.0 Å². The Kier molecular flexibility index (Phi) is 4.08. The zero-order valence-electron chi connectivity index (χ0n) is 11.8. The molecule has 9 heteroatoms. The summed E-state index contributed by atoms with van der Waals surface area (Å²) in [5.41, 5.74) is -0.129. The highest BCUT2D eigenvalue weighted by molar-refractivity contribution is 7.89. The van der Waals surface area contributed by atoms with Gasteiger partial charge in [0.1, 0.15) is 11.2 Å². The number of rotatable bonds is 4. The van der Waals surface area contributed by atoms with Crippen molar-refractivity contribution in [3.8, 4) is 0 Å². The van der Waals surface area contributed by atoms with E-state index in [1.807, 2.05) is 0 Å². The van der Waals surface area contributed by atoms with Crippen molar-refractivity contribution >= 4 is 10.0 Å². The van der Waals surface area contributed by atoms with E-state index in [2.05, 4.69) is 19.5 Å². The molecule has 1 fully saturated rings. The van der Waals surface area contributed by atoms with Crippen LogP contribution in [0.1, 0.15) is 31.7 Å². The molecule has 0 aliphatic heterocycles. The van der Waals surface area contributed by atoms with Crippen LogP contribution in [0.25, 0.3) is 0 Å². The van der Waals surface area contributed by atoms with Gasteiger partial charge in [-0.25, -0.2) is 17.8 Å². The van der Waals surface area contributed by atoms with E-state index in [1.165, 1.54) is 16.9 Å². The van der Waals surface area contributed by atoms with Crippen LogP contribution in [0.3, 0.4) is 0 Å². The van der Waals surface area contributed by atoms with Gasteiger partial charge in [0.2, 0.25) is 10.0 Å². The topological polar surface area (TPSA) is 107 Å². The zero-order valence-corrected chi connectivity index (χ0v) is 12.6. The maximum Gasteiger partial charge on any atom is 0.266 e. The molecule has 0 bridgehead atoms. The predicted molar refractivity (Wildman–Crippen MR) is 76.6 cm³/mol. The van der Waals surface area contributed by atoms with Crippen LogP contribution < -0.4 is 10.3 Å². The number of nitrogens with zero attached hydrogens (tertiary/aromatic N) is 3. The summed E-state index contributed by atoms with van der Waals surface area (Å²) in [6.45, 7) is 0. The lowest BCUT2D eigenvalue weighted by Gasteiger charge is -2.29. The largest absolute Gasteiger partial charge is 0.363 e. The second-order valence-corrected chi connectivity index (χ2v) is 7.01. The Morgan fingerprint density at radius 2 is 2.05 bits per heavy atom. The van der Waals surface area contributed by atoms with Crippen LogP contribution in [0.4, 0.5) is 0 Å². The van der Waals surface area contributed by atoms with Gasteiger partial charge in [-0.1, -0.05) is 5.16 Å². The monoisotopic (exact) mass is 324 g/mol. The first-order valence-corrected chi connectivity index (χ1v) is 8.50. The van der Waals surface area contributed by atoms with Crippen LogP contribution >= 0.6 is 0 Å². The standard InChI is InChI=1S/C13H16N4O4S/c18-13-2-1-7-14-17(13)11-5-3-10(4-6-11)16-22(19,20)12-8-15-21-9-12/h1-2,7-11,16H,3-6H2. The van der Waals surface area contributed by atoms with Gasteiger partial charge in [-0.15, -0.1) is 0 Å². The van der Waals surface area contributed by atoms with E-state index in [4.69, 9.17) is 0 Å². The third-order valence-corrected chi connectivity index (χ3v) is 5.29. The Bertz CT molecular complexity index is 776. The molecule has 1 aliphatic rings. The van der Waals surface area contributed by atoms with Crippen LogP contribution in [-0.2, 0) is 10.0 Å². The first-order chi connectivity index (χ1) is 10.6. The molecule has 0 spiro atoms. The molecule has 0 amide bonds. The highest BCUT2D eigenvalue weighted by atomic mass is 32.2. The third-order valence-electron chi connectivity index (χ3n) is 3.83. The van der Waals surface area contributed by atoms with Crippen LogP contribution in [-0.4, -0.2) is 29.4 Å². The van der Waals surface area contributed by atoms with Crippen LogP contribution in [0.5, 0.6) is 0 Å². The lowest BCUT2D eigenvalue weighted by atomic mass is 9.92. The fourth-order valence-electron chi connectivity index (χ4n) is 2.70. The van der Waals surface area contributed by atoms with Gasteiger partial charge in [0.05, 0.1) is 12.2 Å². The predicted octanol–water partition coefficient (Wildman–Crippen LogP) is 0.693. The Morgan fingerprint density at radius 3 is 2.68 bits per heavy atom. The molecule has 8 nitrogen and oxygen atoms in total. The van der Waals surface area contributed by atoms with E-state index in [0.717, 1.165) is 6.26 Å². The molecule has 3 rings (SSSR count). The van der Waals surface area contributed by atoms with Crippen molar-refractivity contribution in [1.82, 2.24) is 19.7 Å². The summed E-state index contributed by atoms with van der Waals surface area (Å²) >= 11 is 0. The van der Waals surface area contributed by atoms with Crippen molar-refractivity contribution < 1.29 is 12.9 Å². The fraction of sp³-hybridized carbons (Fsp3) is 0.462. The van der Waals surface area contributed by atoms with Crippen molar-refractivity contribution in [3.63, 3.8) is 0 Å². The third kappa shape index (κ3) is 3.09. The summed E-state index contributed by atoms with van der Waals surface area (Å²) in [5, 5.41) is 7.49. The normalized spacial score (nSPS) is 22.5. The van der Waals surface area contributed by atoms with Crippen LogP contribution in [0, 0.1) is 0 Å². The summed E-state index contributed by atoms with van der Waals surface area (Å²) in [6, 6.07) is 2.95. The molecule has 0 aromatic carbocycles. The van der Waals surface area contributed by atoms with Crippen molar-refractivity contribution in [3.05, 3.63) is 41.1 Å². The average Bonchev–Trinajstić information content (AvgIpc) is 3.04. The summed E-state index contributed by atoms with van der Waals surface area (Å²) in [7, 11) is -3.60. The summed E-state index contributed by atoms with van der Waals surface area (Å²) in [4.78, 5) is 11.8. The maximum atomic E-state index is 12.1. The van der Waals surface area contributed by atoms with E-state index >= 15 is 0 Å². The molecule has 2 aromatic heterocycles. The molecule has 0 saturated heterocycles. The Labute approximate surface area is 127 Å². The minimum Gasteiger partial charge on any atom is -0.363 e. The van der Waals surface area contributed by atoms with E-state index in [0.29, 0.717) is 25.7 Å². The minimum absolute atomic E-state index is 0.0186. The summed E-state index contributed by atoms with van der Waals surface area (Å²) in [5.74, 6) is 0. The Balaban J connectivity index is 1.63. The van der Waals surface area contributed by atoms with E-state index in [-0.39, 0.29) is 22.5 Å². The number of hydrogen-bond donors (Lipinski definition) is 1. The molecule has 2 heterocycles. The first-order valence-electron chi connectivity index (χ1n) is 7.02. The number of sulfonamides is 1. The second kappa shape index (κ2) is 6.01. The van der Waals surface area contributed by atoms with E-state index < -0.39 is 10.0 Å². The molecule has 22 heavy (non-hydrogen) atoms. The number of aromatic nitrogens is 3. The van der Waals surface area contributed by atoms with Gasteiger partial charge in [-0.2, -0.15) is 5.10 Å². The fourth-order valence-corrected chi connectivity index (χ4v) is 3.86. The van der Waals surface area contributed by atoms with Gasteiger partial charge >= 0.3 is 0 Å². The molecular weight excluding hydrogens is 308 g/mol. The average molecular weight is 324 g/mol. The molecule has 0 unspecified atom stereocenters. The molecule has 1 aliphatic carbocycles. The van der Waals surface area contributed by atoms with E-state index in [9.17, 15) is 13.2 Å². The van der Waals surface area contributed by atoms with Crippen LogP contribution in [0.2, 0.25) is 0 Å². The zero-order chi connectivity index (χ0) is 15.6. The SMILES string of the molecule is O=c1cccnn1C1CCC(NS(=O)(=O)c2cnoc2)CC1. The molecule has 0 radical (unpaired) electrons. The number of nitrogens with one attached hydrogen (secondary N) is 1. The second-order valence-electron chi connectivity index (χ2n) is 5.29. The lowest BCUT2D eigenvalue weighted by Crippen LogP contribution is -2.39. The van der Waals surface area contributed by atoms with Crippen molar-refractivity contribution in [2.24, 2.45) is 0 Å². The molecule has 1 N–H and O–H groups in total. The highest BCUT2D eigenvalue weighted by Crippen LogP contribution is 2.27. The van der Waals surface area contributed by atoms with Gasteiger partial charge < -0.3 is 4.52 Å². The Morgan fingerprint density at radius 1 is 1.27 bits per heavy atom. The van der Waals surface area contributed by atoms with Crippen molar-refractivity contribution in [1.29, 1.82) is 0 Å². The van der Waals surface area contributed by atoms with Crippen molar-refractivity contribution in [2.75, 3.05) is 0 Å². The number of hydrogen-bond acceptors (Lipinski definition) is 6.